The van der Waals surface area contributed by atoms with Gasteiger partial charge in [0.05, 0.1) is 24.2 Å². The molecule has 1 N–H and O–H groups in total. The predicted octanol–water partition coefficient (Wildman–Crippen LogP) is 3.43. The Morgan fingerprint density at radius 3 is 2.64 bits per heavy atom. The first-order valence-corrected chi connectivity index (χ1v) is 7.47. The highest BCUT2D eigenvalue weighted by Crippen LogP contribution is 2.21. The lowest BCUT2D eigenvalue weighted by atomic mass is 10.2. The minimum atomic E-state index is 0.155. The van der Waals surface area contributed by atoms with Gasteiger partial charge in [-0.05, 0) is 25.1 Å². The van der Waals surface area contributed by atoms with Gasteiger partial charge in [0, 0.05) is 19.2 Å². The third-order valence-corrected chi connectivity index (χ3v) is 4.00. The topological polar surface area (TPSA) is 39.1 Å². The third-order valence-electron chi connectivity index (χ3n) is 4.00. The number of para-hydroxylation sites is 3. The van der Waals surface area contributed by atoms with Gasteiger partial charge in [-0.25, -0.2) is 4.98 Å². The number of fused-ring (bicyclic) bond motifs is 1. The molecule has 0 saturated carbocycles. The molecule has 2 aromatic carbocycles. The van der Waals surface area contributed by atoms with E-state index in [-0.39, 0.29) is 6.04 Å². The largest absolute Gasteiger partial charge is 0.496 e. The second kappa shape index (κ2) is 6.20. The van der Waals surface area contributed by atoms with Crippen molar-refractivity contribution >= 4 is 11.0 Å². The van der Waals surface area contributed by atoms with Crippen molar-refractivity contribution in [3.05, 3.63) is 59.9 Å². The second-order valence-corrected chi connectivity index (χ2v) is 5.43. The maximum Gasteiger partial charge on any atom is 0.126 e. The van der Waals surface area contributed by atoms with Crippen LogP contribution in [0.3, 0.4) is 0 Å². The highest BCUT2D eigenvalue weighted by atomic mass is 16.5. The van der Waals surface area contributed by atoms with E-state index in [2.05, 4.69) is 36.0 Å². The van der Waals surface area contributed by atoms with Gasteiger partial charge in [0.2, 0.25) is 0 Å². The lowest BCUT2D eigenvalue weighted by Crippen LogP contribution is -2.21. The molecule has 0 aliphatic carbocycles. The summed E-state index contributed by atoms with van der Waals surface area (Å²) >= 11 is 0. The van der Waals surface area contributed by atoms with E-state index < -0.39 is 0 Å². The summed E-state index contributed by atoms with van der Waals surface area (Å²) in [6, 6.07) is 16.4. The molecule has 1 atom stereocenters. The molecule has 22 heavy (non-hydrogen) atoms. The molecular formula is C18H21N3O. The zero-order valence-electron chi connectivity index (χ0n) is 13.2. The van der Waals surface area contributed by atoms with E-state index in [0.29, 0.717) is 0 Å². The summed E-state index contributed by atoms with van der Waals surface area (Å²) in [5.41, 5.74) is 3.34. The van der Waals surface area contributed by atoms with Crippen LogP contribution in [0.2, 0.25) is 0 Å². The lowest BCUT2D eigenvalue weighted by Gasteiger charge is -2.15. The number of methoxy groups -OCH3 is 1. The van der Waals surface area contributed by atoms with E-state index in [1.54, 1.807) is 7.11 Å². The Morgan fingerprint density at radius 1 is 1.14 bits per heavy atom. The Balaban J connectivity index is 1.79. The van der Waals surface area contributed by atoms with Crippen molar-refractivity contribution in [1.29, 1.82) is 0 Å². The molecule has 0 fully saturated rings. The van der Waals surface area contributed by atoms with E-state index in [0.717, 1.165) is 34.7 Å². The highest BCUT2D eigenvalue weighted by molar-refractivity contribution is 5.75. The van der Waals surface area contributed by atoms with Gasteiger partial charge in [0.15, 0.2) is 0 Å². The van der Waals surface area contributed by atoms with E-state index in [1.165, 1.54) is 0 Å². The van der Waals surface area contributed by atoms with Crippen LogP contribution in [0.1, 0.15) is 24.4 Å². The molecule has 0 amide bonds. The number of nitrogens with zero attached hydrogens (tertiary/aromatic N) is 2. The van der Waals surface area contributed by atoms with Crippen LogP contribution in [0.15, 0.2) is 48.5 Å². The zero-order chi connectivity index (χ0) is 15.5. The lowest BCUT2D eigenvalue weighted by molar-refractivity contribution is 0.405. The molecule has 0 radical (unpaired) electrons. The standard InChI is InChI=1S/C18H21N3O/c1-13(19-12-14-8-4-7-11-17(14)22-3)18-20-15-9-5-6-10-16(15)21(18)2/h4-11,13,19H,12H2,1-3H3/t13-/m0/s1. The summed E-state index contributed by atoms with van der Waals surface area (Å²) < 4.78 is 7.54. The van der Waals surface area contributed by atoms with Gasteiger partial charge in [0.25, 0.3) is 0 Å². The number of aromatic nitrogens is 2. The van der Waals surface area contributed by atoms with E-state index in [4.69, 9.17) is 9.72 Å². The monoisotopic (exact) mass is 295 g/mol. The van der Waals surface area contributed by atoms with E-state index in [1.807, 2.05) is 36.4 Å². The summed E-state index contributed by atoms with van der Waals surface area (Å²) in [5, 5.41) is 3.53. The minimum absolute atomic E-state index is 0.155. The van der Waals surface area contributed by atoms with Crippen LogP contribution in [-0.4, -0.2) is 16.7 Å². The van der Waals surface area contributed by atoms with Gasteiger partial charge in [-0.3, -0.25) is 0 Å². The number of imidazole rings is 1. The van der Waals surface area contributed by atoms with Crippen molar-refractivity contribution in [1.82, 2.24) is 14.9 Å². The fraction of sp³-hybridized carbons (Fsp3) is 0.278. The molecule has 0 spiro atoms. The predicted molar refractivity (Wildman–Crippen MR) is 89.0 cm³/mol. The highest BCUT2D eigenvalue weighted by Gasteiger charge is 2.14. The van der Waals surface area contributed by atoms with Gasteiger partial charge < -0.3 is 14.6 Å². The number of benzene rings is 2. The molecule has 3 rings (SSSR count). The van der Waals surface area contributed by atoms with Crippen LogP contribution in [0.25, 0.3) is 11.0 Å². The summed E-state index contributed by atoms with van der Waals surface area (Å²) in [5.74, 6) is 1.95. The van der Waals surface area contributed by atoms with Crippen LogP contribution < -0.4 is 10.1 Å². The number of rotatable bonds is 5. The normalized spacial score (nSPS) is 12.5. The number of aryl methyl sites for hydroxylation is 1. The summed E-state index contributed by atoms with van der Waals surface area (Å²) in [6.07, 6.45) is 0. The SMILES string of the molecule is COc1ccccc1CN[C@@H](C)c1nc2ccccc2n1C. The Morgan fingerprint density at radius 2 is 1.86 bits per heavy atom. The number of ether oxygens (including phenoxy) is 1. The fourth-order valence-electron chi connectivity index (χ4n) is 2.75. The molecule has 0 aliphatic rings. The first-order valence-electron chi connectivity index (χ1n) is 7.47. The molecular weight excluding hydrogens is 274 g/mol. The maximum absolute atomic E-state index is 5.39. The Bertz CT molecular complexity index is 779. The zero-order valence-corrected chi connectivity index (χ0v) is 13.2. The van der Waals surface area contributed by atoms with Crippen LogP contribution >= 0.6 is 0 Å². The van der Waals surface area contributed by atoms with Crippen molar-refractivity contribution in [2.75, 3.05) is 7.11 Å². The summed E-state index contributed by atoms with van der Waals surface area (Å²) in [6.45, 7) is 2.88. The van der Waals surface area contributed by atoms with Gasteiger partial charge in [0.1, 0.15) is 11.6 Å². The number of hydrogen-bond donors (Lipinski definition) is 1. The number of hydrogen-bond acceptors (Lipinski definition) is 3. The van der Waals surface area contributed by atoms with Crippen molar-refractivity contribution in [3.8, 4) is 5.75 Å². The van der Waals surface area contributed by atoms with Crippen LogP contribution in [-0.2, 0) is 13.6 Å². The summed E-state index contributed by atoms with van der Waals surface area (Å²) in [7, 11) is 3.76. The van der Waals surface area contributed by atoms with E-state index in [9.17, 15) is 0 Å². The molecule has 1 heterocycles. The minimum Gasteiger partial charge on any atom is -0.496 e. The maximum atomic E-state index is 5.39. The molecule has 0 unspecified atom stereocenters. The molecule has 4 nitrogen and oxygen atoms in total. The van der Waals surface area contributed by atoms with Crippen LogP contribution in [0.4, 0.5) is 0 Å². The molecule has 0 aliphatic heterocycles. The molecule has 0 saturated heterocycles. The average Bonchev–Trinajstić information content (AvgIpc) is 2.90. The molecule has 114 valence electrons. The Hall–Kier alpha value is -2.33. The summed E-state index contributed by atoms with van der Waals surface area (Å²) in [4.78, 5) is 4.74. The Labute approximate surface area is 130 Å². The quantitative estimate of drug-likeness (QED) is 0.784. The number of nitrogens with one attached hydrogen (secondary N) is 1. The van der Waals surface area contributed by atoms with Crippen molar-refractivity contribution in [3.63, 3.8) is 0 Å². The third kappa shape index (κ3) is 2.70. The van der Waals surface area contributed by atoms with Crippen LogP contribution in [0.5, 0.6) is 5.75 Å². The molecule has 1 aromatic heterocycles. The molecule has 0 bridgehead atoms. The first kappa shape index (κ1) is 14.6. The second-order valence-electron chi connectivity index (χ2n) is 5.43. The van der Waals surface area contributed by atoms with Crippen molar-refractivity contribution in [2.24, 2.45) is 7.05 Å². The van der Waals surface area contributed by atoms with Gasteiger partial charge in [-0.2, -0.15) is 0 Å². The first-order chi connectivity index (χ1) is 10.7. The Kier molecular flexibility index (Phi) is 4.11. The average molecular weight is 295 g/mol. The van der Waals surface area contributed by atoms with Crippen molar-refractivity contribution < 1.29 is 4.74 Å². The fourth-order valence-corrected chi connectivity index (χ4v) is 2.75. The van der Waals surface area contributed by atoms with Crippen molar-refractivity contribution in [2.45, 2.75) is 19.5 Å². The van der Waals surface area contributed by atoms with Crippen LogP contribution in [0, 0.1) is 0 Å². The van der Waals surface area contributed by atoms with Gasteiger partial charge in [-0.15, -0.1) is 0 Å². The molecule has 3 aromatic rings. The van der Waals surface area contributed by atoms with Gasteiger partial charge >= 0.3 is 0 Å². The smallest absolute Gasteiger partial charge is 0.126 e. The van der Waals surface area contributed by atoms with Gasteiger partial charge in [-0.1, -0.05) is 30.3 Å². The van der Waals surface area contributed by atoms with E-state index >= 15 is 0 Å². The molecule has 4 heteroatoms.